The molecule has 0 unspecified atom stereocenters. The number of para-hydroxylation sites is 1. The summed E-state index contributed by atoms with van der Waals surface area (Å²) in [7, 11) is 0. The van der Waals surface area contributed by atoms with Crippen LogP contribution in [0.25, 0.3) is 0 Å². The Bertz CT molecular complexity index is 595. The highest BCUT2D eigenvalue weighted by Crippen LogP contribution is 2.33. The average Bonchev–Trinajstić information content (AvgIpc) is 2.75. The van der Waals surface area contributed by atoms with Crippen LogP contribution in [0.15, 0.2) is 42.6 Å². The first-order valence-corrected chi connectivity index (χ1v) is 7.90. The second-order valence-electron chi connectivity index (χ2n) is 5.50. The molecule has 1 aliphatic rings. The summed E-state index contributed by atoms with van der Waals surface area (Å²) in [6.45, 7) is 5.04. The monoisotopic (exact) mass is 281 g/mol. The molecule has 2 aromatic rings. The van der Waals surface area contributed by atoms with Crippen LogP contribution in [0.5, 0.6) is 0 Å². The van der Waals surface area contributed by atoms with E-state index >= 15 is 0 Å². The minimum atomic E-state index is 0.873. The quantitative estimate of drug-likeness (QED) is 0.927. The van der Waals surface area contributed by atoms with Gasteiger partial charge in [0.05, 0.1) is 0 Å². The van der Waals surface area contributed by atoms with Crippen LogP contribution in [0.4, 0.5) is 11.5 Å². The van der Waals surface area contributed by atoms with Crippen molar-refractivity contribution in [2.75, 3.05) is 18.0 Å². The number of rotatable bonds is 4. The van der Waals surface area contributed by atoms with Crippen LogP contribution >= 0.6 is 0 Å². The van der Waals surface area contributed by atoms with Crippen LogP contribution in [-0.4, -0.2) is 18.1 Å². The normalized spacial score (nSPS) is 14.6. The Morgan fingerprint density at radius 1 is 1.14 bits per heavy atom. The van der Waals surface area contributed by atoms with E-state index in [0.29, 0.717) is 0 Å². The van der Waals surface area contributed by atoms with Gasteiger partial charge in [0, 0.05) is 30.5 Å². The van der Waals surface area contributed by atoms with Gasteiger partial charge in [-0.25, -0.2) is 4.98 Å². The van der Waals surface area contributed by atoms with Crippen molar-refractivity contribution >= 4 is 11.5 Å². The van der Waals surface area contributed by atoms with E-state index in [4.69, 9.17) is 0 Å². The number of pyridine rings is 1. The minimum Gasteiger partial charge on any atom is -0.326 e. The van der Waals surface area contributed by atoms with Gasteiger partial charge in [0.1, 0.15) is 5.82 Å². The molecule has 0 amide bonds. The van der Waals surface area contributed by atoms with Crippen LogP contribution in [0.2, 0.25) is 0 Å². The lowest BCUT2D eigenvalue weighted by Gasteiger charge is -2.26. The summed E-state index contributed by atoms with van der Waals surface area (Å²) in [5, 5.41) is 3.42. The van der Waals surface area contributed by atoms with Crippen molar-refractivity contribution in [3.8, 4) is 0 Å². The number of hydrogen-bond acceptors (Lipinski definition) is 3. The standard InChI is InChI=1S/C18H23N3/c1-2-19-14-16-10-7-12-20-18(16)21-13-6-5-9-15-8-3-4-11-17(15)21/h3-4,7-8,10-12,19H,2,5-6,9,13-14H2,1H3. The molecule has 0 bridgehead atoms. The molecule has 0 spiro atoms. The van der Waals surface area contributed by atoms with E-state index in [1.807, 2.05) is 12.3 Å². The highest BCUT2D eigenvalue weighted by molar-refractivity contribution is 5.66. The van der Waals surface area contributed by atoms with Crippen molar-refractivity contribution in [2.24, 2.45) is 0 Å². The Hall–Kier alpha value is -1.87. The molecule has 0 aliphatic carbocycles. The number of aromatic nitrogens is 1. The molecular weight excluding hydrogens is 258 g/mol. The van der Waals surface area contributed by atoms with Gasteiger partial charge < -0.3 is 10.2 Å². The molecule has 0 radical (unpaired) electrons. The first kappa shape index (κ1) is 14.1. The predicted molar refractivity (Wildman–Crippen MR) is 88.0 cm³/mol. The van der Waals surface area contributed by atoms with Gasteiger partial charge in [0.15, 0.2) is 0 Å². The maximum absolute atomic E-state index is 4.68. The van der Waals surface area contributed by atoms with Crippen molar-refractivity contribution in [2.45, 2.75) is 32.7 Å². The number of hydrogen-bond donors (Lipinski definition) is 1. The average molecular weight is 281 g/mol. The lowest BCUT2D eigenvalue weighted by Crippen LogP contribution is -2.22. The van der Waals surface area contributed by atoms with E-state index in [9.17, 15) is 0 Å². The second-order valence-corrected chi connectivity index (χ2v) is 5.50. The number of fused-ring (bicyclic) bond motifs is 1. The Kier molecular flexibility index (Phi) is 4.51. The van der Waals surface area contributed by atoms with Gasteiger partial charge in [0.25, 0.3) is 0 Å². The highest BCUT2D eigenvalue weighted by Gasteiger charge is 2.19. The third-order valence-electron chi connectivity index (χ3n) is 4.05. The summed E-state index contributed by atoms with van der Waals surface area (Å²) < 4.78 is 0. The van der Waals surface area contributed by atoms with Crippen LogP contribution in [0.3, 0.4) is 0 Å². The van der Waals surface area contributed by atoms with Gasteiger partial charge in [-0.3, -0.25) is 0 Å². The maximum Gasteiger partial charge on any atom is 0.137 e. The third kappa shape index (κ3) is 3.08. The van der Waals surface area contributed by atoms with Gasteiger partial charge in [0.2, 0.25) is 0 Å². The highest BCUT2D eigenvalue weighted by atomic mass is 15.2. The number of benzene rings is 1. The molecule has 110 valence electrons. The zero-order valence-corrected chi connectivity index (χ0v) is 12.7. The van der Waals surface area contributed by atoms with Gasteiger partial charge in [-0.2, -0.15) is 0 Å². The summed E-state index contributed by atoms with van der Waals surface area (Å²) >= 11 is 0. The molecule has 0 fully saturated rings. The van der Waals surface area contributed by atoms with E-state index in [1.54, 1.807) is 0 Å². The van der Waals surface area contributed by atoms with E-state index in [0.717, 1.165) is 25.5 Å². The Morgan fingerprint density at radius 2 is 2.05 bits per heavy atom. The van der Waals surface area contributed by atoms with Gasteiger partial charge in [-0.15, -0.1) is 0 Å². The van der Waals surface area contributed by atoms with Crippen molar-refractivity contribution in [1.29, 1.82) is 0 Å². The van der Waals surface area contributed by atoms with Gasteiger partial charge >= 0.3 is 0 Å². The molecule has 1 aromatic carbocycles. The summed E-state index contributed by atoms with van der Waals surface area (Å²) in [6, 6.07) is 13.0. The third-order valence-corrected chi connectivity index (χ3v) is 4.05. The van der Waals surface area contributed by atoms with Crippen LogP contribution in [0.1, 0.15) is 30.9 Å². The second kappa shape index (κ2) is 6.72. The minimum absolute atomic E-state index is 0.873. The lowest BCUT2D eigenvalue weighted by molar-refractivity contribution is 0.716. The molecule has 3 rings (SSSR count). The molecule has 1 aromatic heterocycles. The first-order valence-electron chi connectivity index (χ1n) is 7.90. The number of anilines is 2. The zero-order chi connectivity index (χ0) is 14.5. The van der Waals surface area contributed by atoms with Crippen LogP contribution in [-0.2, 0) is 13.0 Å². The van der Waals surface area contributed by atoms with E-state index in [1.165, 1.54) is 36.1 Å². The predicted octanol–water partition coefficient (Wildman–Crippen LogP) is 3.67. The fraction of sp³-hybridized carbons (Fsp3) is 0.389. The van der Waals surface area contributed by atoms with E-state index in [-0.39, 0.29) is 0 Å². The van der Waals surface area contributed by atoms with Crippen molar-refractivity contribution < 1.29 is 0 Å². The summed E-state index contributed by atoms with van der Waals surface area (Å²) in [5.74, 6) is 1.10. The summed E-state index contributed by atoms with van der Waals surface area (Å²) in [5.41, 5.74) is 4.04. The molecular formula is C18H23N3. The van der Waals surface area contributed by atoms with Crippen molar-refractivity contribution in [3.63, 3.8) is 0 Å². The smallest absolute Gasteiger partial charge is 0.137 e. The molecule has 0 saturated heterocycles. The zero-order valence-electron chi connectivity index (χ0n) is 12.7. The van der Waals surface area contributed by atoms with Crippen LogP contribution < -0.4 is 10.2 Å². The first-order chi connectivity index (χ1) is 10.4. The molecule has 1 aliphatic heterocycles. The number of nitrogens with one attached hydrogen (secondary N) is 1. The SMILES string of the molecule is CCNCc1cccnc1N1CCCCc2ccccc21. The fourth-order valence-corrected chi connectivity index (χ4v) is 2.98. The van der Waals surface area contributed by atoms with E-state index in [2.05, 4.69) is 52.5 Å². The Morgan fingerprint density at radius 3 is 2.95 bits per heavy atom. The molecule has 1 N–H and O–H groups in total. The topological polar surface area (TPSA) is 28.2 Å². The van der Waals surface area contributed by atoms with Gasteiger partial charge in [-0.05, 0) is 43.5 Å². The van der Waals surface area contributed by atoms with Crippen LogP contribution in [0, 0.1) is 0 Å². The molecule has 0 atom stereocenters. The maximum atomic E-state index is 4.68. The Labute approximate surface area is 127 Å². The number of nitrogens with zero attached hydrogens (tertiary/aromatic N) is 2. The van der Waals surface area contributed by atoms with E-state index < -0.39 is 0 Å². The molecule has 21 heavy (non-hydrogen) atoms. The van der Waals surface area contributed by atoms with Crippen molar-refractivity contribution in [3.05, 3.63) is 53.7 Å². The fourth-order valence-electron chi connectivity index (χ4n) is 2.98. The molecule has 2 heterocycles. The summed E-state index contributed by atoms with van der Waals surface area (Å²) in [6.07, 6.45) is 5.54. The largest absolute Gasteiger partial charge is 0.326 e. The number of aryl methyl sites for hydroxylation is 1. The van der Waals surface area contributed by atoms with Gasteiger partial charge in [-0.1, -0.05) is 31.2 Å². The lowest BCUT2D eigenvalue weighted by atomic mass is 10.1. The van der Waals surface area contributed by atoms with Crippen molar-refractivity contribution in [1.82, 2.24) is 10.3 Å². The molecule has 0 saturated carbocycles. The molecule has 3 nitrogen and oxygen atoms in total. The summed E-state index contributed by atoms with van der Waals surface area (Å²) in [4.78, 5) is 7.08. The Balaban J connectivity index is 2.00. The molecule has 3 heteroatoms.